The van der Waals surface area contributed by atoms with E-state index in [0.717, 1.165) is 9.86 Å². The van der Waals surface area contributed by atoms with Crippen molar-refractivity contribution in [1.29, 1.82) is 0 Å². The van der Waals surface area contributed by atoms with Crippen molar-refractivity contribution in [3.05, 3.63) is 39.2 Å². The van der Waals surface area contributed by atoms with Gasteiger partial charge in [0.25, 0.3) is 5.56 Å². The molecule has 4 heteroatoms. The molecule has 0 saturated carbocycles. The molecule has 2 rings (SSSR count). The molecule has 78 valence electrons. The van der Waals surface area contributed by atoms with E-state index in [1.54, 1.807) is 31.0 Å². The standard InChI is InChI=1S/C11H10BrNO2/c1-13-4-3-8-9(11(13)14)5-7(12)6-10(8)15-2/h3-6H,1-2H3. The predicted octanol–water partition coefficient (Wildman–Crippen LogP) is 2.31. The fraction of sp³-hybridized carbons (Fsp3) is 0.182. The van der Waals surface area contributed by atoms with Crippen LogP contribution in [0.2, 0.25) is 0 Å². The van der Waals surface area contributed by atoms with Gasteiger partial charge in [-0.15, -0.1) is 0 Å². The fourth-order valence-electron chi connectivity index (χ4n) is 1.55. The number of ether oxygens (including phenoxy) is 1. The molecule has 0 N–H and O–H groups in total. The number of nitrogens with zero attached hydrogens (tertiary/aromatic N) is 1. The van der Waals surface area contributed by atoms with E-state index in [9.17, 15) is 4.79 Å². The van der Waals surface area contributed by atoms with Crippen LogP contribution in [0, 0.1) is 0 Å². The molecule has 1 aromatic carbocycles. The lowest BCUT2D eigenvalue weighted by Gasteiger charge is -2.07. The smallest absolute Gasteiger partial charge is 0.258 e. The van der Waals surface area contributed by atoms with Crippen LogP contribution in [-0.2, 0) is 7.05 Å². The van der Waals surface area contributed by atoms with Crippen LogP contribution < -0.4 is 10.3 Å². The van der Waals surface area contributed by atoms with E-state index in [1.807, 2.05) is 12.1 Å². The Hall–Kier alpha value is -1.29. The van der Waals surface area contributed by atoms with Crippen molar-refractivity contribution in [2.24, 2.45) is 7.05 Å². The molecule has 2 aromatic rings. The van der Waals surface area contributed by atoms with Crippen molar-refractivity contribution in [1.82, 2.24) is 4.57 Å². The van der Waals surface area contributed by atoms with Crippen LogP contribution in [0.1, 0.15) is 0 Å². The minimum atomic E-state index is -0.0212. The lowest BCUT2D eigenvalue weighted by molar-refractivity contribution is 0.419. The molecular weight excluding hydrogens is 258 g/mol. The van der Waals surface area contributed by atoms with Crippen molar-refractivity contribution >= 4 is 26.7 Å². The number of fused-ring (bicyclic) bond motifs is 1. The van der Waals surface area contributed by atoms with Gasteiger partial charge in [-0.2, -0.15) is 0 Å². The van der Waals surface area contributed by atoms with Crippen molar-refractivity contribution in [3.8, 4) is 5.75 Å². The van der Waals surface area contributed by atoms with Crippen LogP contribution in [0.25, 0.3) is 10.8 Å². The fourth-order valence-corrected chi connectivity index (χ4v) is 1.99. The van der Waals surface area contributed by atoms with Crippen molar-refractivity contribution in [2.75, 3.05) is 7.11 Å². The number of methoxy groups -OCH3 is 1. The van der Waals surface area contributed by atoms with Gasteiger partial charge in [0, 0.05) is 23.1 Å². The van der Waals surface area contributed by atoms with Crippen LogP contribution in [0.5, 0.6) is 5.75 Å². The van der Waals surface area contributed by atoms with Gasteiger partial charge in [0.05, 0.1) is 12.5 Å². The number of aryl methyl sites for hydroxylation is 1. The SMILES string of the molecule is COc1cc(Br)cc2c(=O)n(C)ccc12. The highest BCUT2D eigenvalue weighted by atomic mass is 79.9. The first-order valence-corrected chi connectivity index (χ1v) is 5.25. The third-order valence-electron chi connectivity index (χ3n) is 2.34. The molecule has 0 amide bonds. The molecule has 1 aromatic heterocycles. The first-order valence-electron chi connectivity index (χ1n) is 4.46. The third kappa shape index (κ3) is 1.65. The molecule has 0 aliphatic heterocycles. The summed E-state index contributed by atoms with van der Waals surface area (Å²) >= 11 is 3.35. The zero-order valence-corrected chi connectivity index (χ0v) is 10.0. The lowest BCUT2D eigenvalue weighted by atomic mass is 10.1. The second-order valence-electron chi connectivity index (χ2n) is 3.30. The Balaban J connectivity index is 2.96. The molecule has 0 fully saturated rings. The highest BCUT2D eigenvalue weighted by Crippen LogP contribution is 2.27. The summed E-state index contributed by atoms with van der Waals surface area (Å²) in [5.74, 6) is 0.706. The van der Waals surface area contributed by atoms with Crippen LogP contribution >= 0.6 is 15.9 Å². The molecule has 0 radical (unpaired) electrons. The molecule has 0 aliphatic carbocycles. The summed E-state index contributed by atoms with van der Waals surface area (Å²) in [6, 6.07) is 5.53. The van der Waals surface area contributed by atoms with Gasteiger partial charge in [-0.05, 0) is 18.2 Å². The summed E-state index contributed by atoms with van der Waals surface area (Å²) in [5.41, 5.74) is -0.0212. The summed E-state index contributed by atoms with van der Waals surface area (Å²) in [6.07, 6.45) is 1.74. The minimum absolute atomic E-state index is 0.0212. The maximum atomic E-state index is 11.8. The van der Waals surface area contributed by atoms with E-state index in [4.69, 9.17) is 4.74 Å². The van der Waals surface area contributed by atoms with Gasteiger partial charge in [0.15, 0.2) is 0 Å². The third-order valence-corrected chi connectivity index (χ3v) is 2.80. The van der Waals surface area contributed by atoms with Gasteiger partial charge >= 0.3 is 0 Å². The first kappa shape index (κ1) is 10.2. The van der Waals surface area contributed by atoms with E-state index in [1.165, 1.54) is 0 Å². The predicted molar refractivity (Wildman–Crippen MR) is 63.4 cm³/mol. The summed E-state index contributed by atoms with van der Waals surface area (Å²) in [6.45, 7) is 0. The molecule has 0 bridgehead atoms. The Labute approximate surface area is 95.4 Å². The molecule has 1 heterocycles. The number of hydrogen-bond donors (Lipinski definition) is 0. The Kier molecular flexibility index (Phi) is 2.52. The quantitative estimate of drug-likeness (QED) is 0.794. The largest absolute Gasteiger partial charge is 0.496 e. The zero-order valence-electron chi connectivity index (χ0n) is 8.45. The van der Waals surface area contributed by atoms with Gasteiger partial charge in [-0.25, -0.2) is 0 Å². The number of pyridine rings is 1. The highest BCUT2D eigenvalue weighted by Gasteiger charge is 2.06. The van der Waals surface area contributed by atoms with E-state index in [-0.39, 0.29) is 5.56 Å². The van der Waals surface area contributed by atoms with Crippen LogP contribution in [0.3, 0.4) is 0 Å². The monoisotopic (exact) mass is 267 g/mol. The Morgan fingerprint density at radius 2 is 2.07 bits per heavy atom. The first-order chi connectivity index (χ1) is 7.13. The molecule has 3 nitrogen and oxygen atoms in total. The van der Waals surface area contributed by atoms with Gasteiger partial charge in [-0.3, -0.25) is 4.79 Å². The Morgan fingerprint density at radius 1 is 1.33 bits per heavy atom. The van der Waals surface area contributed by atoms with E-state index in [0.29, 0.717) is 11.1 Å². The number of aromatic nitrogens is 1. The van der Waals surface area contributed by atoms with Crippen LogP contribution in [0.4, 0.5) is 0 Å². The maximum Gasteiger partial charge on any atom is 0.258 e. The molecule has 0 spiro atoms. The topological polar surface area (TPSA) is 31.2 Å². The number of benzene rings is 1. The van der Waals surface area contributed by atoms with Crippen molar-refractivity contribution in [3.63, 3.8) is 0 Å². The Morgan fingerprint density at radius 3 is 2.73 bits per heavy atom. The number of hydrogen-bond acceptors (Lipinski definition) is 2. The second kappa shape index (κ2) is 3.70. The molecule has 0 aliphatic rings. The molecule has 15 heavy (non-hydrogen) atoms. The summed E-state index contributed by atoms with van der Waals surface area (Å²) in [5, 5.41) is 1.50. The summed E-state index contributed by atoms with van der Waals surface area (Å²) < 4.78 is 7.62. The van der Waals surface area contributed by atoms with E-state index < -0.39 is 0 Å². The molecule has 0 saturated heterocycles. The lowest BCUT2D eigenvalue weighted by Crippen LogP contribution is -2.15. The van der Waals surface area contributed by atoms with E-state index >= 15 is 0 Å². The number of halogens is 1. The summed E-state index contributed by atoms with van der Waals surface area (Å²) in [4.78, 5) is 11.8. The van der Waals surface area contributed by atoms with E-state index in [2.05, 4.69) is 15.9 Å². The Bertz CT molecular complexity index is 575. The van der Waals surface area contributed by atoms with Gasteiger partial charge < -0.3 is 9.30 Å². The second-order valence-corrected chi connectivity index (χ2v) is 4.22. The highest BCUT2D eigenvalue weighted by molar-refractivity contribution is 9.10. The molecular formula is C11H10BrNO2. The molecule has 0 atom stereocenters. The van der Waals surface area contributed by atoms with Crippen LogP contribution in [0.15, 0.2) is 33.7 Å². The summed E-state index contributed by atoms with van der Waals surface area (Å²) in [7, 11) is 3.33. The van der Waals surface area contributed by atoms with Crippen molar-refractivity contribution in [2.45, 2.75) is 0 Å². The minimum Gasteiger partial charge on any atom is -0.496 e. The van der Waals surface area contributed by atoms with Gasteiger partial charge in [-0.1, -0.05) is 15.9 Å². The van der Waals surface area contributed by atoms with Crippen LogP contribution in [-0.4, -0.2) is 11.7 Å². The zero-order chi connectivity index (χ0) is 11.0. The van der Waals surface area contributed by atoms with Gasteiger partial charge in [0.1, 0.15) is 5.75 Å². The maximum absolute atomic E-state index is 11.8. The molecule has 0 unspecified atom stereocenters. The average Bonchev–Trinajstić information content (AvgIpc) is 2.23. The normalized spacial score (nSPS) is 10.6. The average molecular weight is 268 g/mol. The number of rotatable bonds is 1. The van der Waals surface area contributed by atoms with Crippen molar-refractivity contribution < 1.29 is 4.74 Å². The van der Waals surface area contributed by atoms with Gasteiger partial charge in [0.2, 0.25) is 0 Å².